The molecule has 1 N–H and O–H groups in total. The first-order valence-corrected chi connectivity index (χ1v) is 8.12. The molecule has 2 aliphatic heterocycles. The number of benzene rings is 2. The van der Waals surface area contributed by atoms with Crippen molar-refractivity contribution in [1.29, 1.82) is 0 Å². The summed E-state index contributed by atoms with van der Waals surface area (Å²) < 4.78 is 0.765. The van der Waals surface area contributed by atoms with Crippen LogP contribution in [0.4, 0.5) is 11.4 Å². The number of anilines is 2. The van der Waals surface area contributed by atoms with Crippen LogP contribution in [-0.2, 0) is 14.4 Å². The van der Waals surface area contributed by atoms with Gasteiger partial charge in [0.15, 0.2) is 5.78 Å². The number of amides is 2. The molecule has 0 bridgehead atoms. The molecule has 0 atom stereocenters. The summed E-state index contributed by atoms with van der Waals surface area (Å²) in [6.07, 6.45) is 0. The Morgan fingerprint density at radius 3 is 2.36 bits per heavy atom. The van der Waals surface area contributed by atoms with Crippen LogP contribution in [-0.4, -0.2) is 23.4 Å². The molecule has 2 heterocycles. The minimum atomic E-state index is -0.977. The second-order valence-corrected chi connectivity index (χ2v) is 6.42. The van der Waals surface area contributed by atoms with E-state index in [0.717, 1.165) is 9.37 Å². The van der Waals surface area contributed by atoms with Crippen molar-refractivity contribution in [3.63, 3.8) is 0 Å². The number of hydrogen-bond donors (Lipinski definition) is 1. The molecule has 0 saturated carbocycles. The van der Waals surface area contributed by atoms with Gasteiger partial charge in [-0.3, -0.25) is 24.1 Å². The zero-order valence-corrected chi connectivity index (χ0v) is 14.2. The van der Waals surface area contributed by atoms with Crippen LogP contribution < -0.4 is 10.2 Å². The second-order valence-electron chi connectivity index (χ2n) is 5.50. The maximum absolute atomic E-state index is 12.8. The first kappa shape index (κ1) is 15.5. The van der Waals surface area contributed by atoms with Crippen molar-refractivity contribution in [2.24, 2.45) is 0 Å². The zero-order chi connectivity index (χ0) is 17.7. The first-order chi connectivity index (χ1) is 12.0. The molecule has 0 fully saturated rings. The molecule has 7 heteroatoms. The lowest BCUT2D eigenvalue weighted by Gasteiger charge is -2.27. The highest BCUT2D eigenvalue weighted by Crippen LogP contribution is 2.39. The third kappa shape index (κ3) is 2.24. The van der Waals surface area contributed by atoms with Crippen molar-refractivity contribution >= 4 is 50.7 Å². The summed E-state index contributed by atoms with van der Waals surface area (Å²) in [6, 6.07) is 12.9. The highest BCUT2D eigenvalue weighted by molar-refractivity contribution is 9.10. The number of rotatable bonds is 2. The monoisotopic (exact) mass is 396 g/mol. The van der Waals surface area contributed by atoms with Gasteiger partial charge in [0, 0.05) is 10.0 Å². The number of fused-ring (bicyclic) bond motifs is 3. The van der Waals surface area contributed by atoms with Gasteiger partial charge in [0.2, 0.25) is 0 Å². The standard InChI is InChI=1S/C18H9BrN2O4/c19-10-7-5-9(6-8-10)15(22)13-14-17(24)20-11-3-1-2-4-12(11)21(14)18(25)16(13)23/h1-8H,(H,20,24). The fraction of sp³-hybridized carbons (Fsp3) is 0. The summed E-state index contributed by atoms with van der Waals surface area (Å²) in [5, 5.41) is 2.62. The Morgan fingerprint density at radius 1 is 0.960 bits per heavy atom. The molecule has 4 rings (SSSR count). The van der Waals surface area contributed by atoms with Gasteiger partial charge in [-0.25, -0.2) is 0 Å². The number of carbonyl (C=O) groups is 4. The molecule has 0 saturated heterocycles. The normalized spacial score (nSPS) is 15.9. The van der Waals surface area contributed by atoms with E-state index in [1.54, 1.807) is 36.4 Å². The Balaban J connectivity index is 1.90. The van der Waals surface area contributed by atoms with E-state index < -0.39 is 29.0 Å². The van der Waals surface area contributed by atoms with E-state index in [2.05, 4.69) is 21.2 Å². The van der Waals surface area contributed by atoms with Crippen molar-refractivity contribution in [3.8, 4) is 0 Å². The SMILES string of the molecule is O=C1Nc2ccccc2N2C(=O)C(=O)C(C(=O)c3ccc(Br)cc3)=C12. The Labute approximate surface area is 150 Å². The Hall–Kier alpha value is -3.06. The molecule has 2 aromatic carbocycles. The van der Waals surface area contributed by atoms with E-state index in [0.29, 0.717) is 11.4 Å². The van der Waals surface area contributed by atoms with Crippen molar-refractivity contribution < 1.29 is 19.2 Å². The third-order valence-corrected chi connectivity index (χ3v) is 4.56. The Kier molecular flexibility index (Phi) is 3.40. The van der Waals surface area contributed by atoms with Gasteiger partial charge in [-0.1, -0.05) is 28.1 Å². The average molecular weight is 397 g/mol. The fourth-order valence-corrected chi connectivity index (χ4v) is 3.15. The Morgan fingerprint density at radius 2 is 1.64 bits per heavy atom. The van der Waals surface area contributed by atoms with E-state index in [-0.39, 0.29) is 11.3 Å². The van der Waals surface area contributed by atoms with Gasteiger partial charge in [-0.05, 0) is 36.4 Å². The van der Waals surface area contributed by atoms with Crippen LogP contribution in [0.3, 0.4) is 0 Å². The van der Waals surface area contributed by atoms with Crippen molar-refractivity contribution in [2.75, 3.05) is 10.2 Å². The molecule has 6 nitrogen and oxygen atoms in total. The smallest absolute Gasteiger partial charge is 0.304 e. The minimum Gasteiger partial charge on any atom is -0.319 e. The molecule has 0 spiro atoms. The lowest BCUT2D eigenvalue weighted by Crippen LogP contribution is -2.37. The van der Waals surface area contributed by atoms with Gasteiger partial charge < -0.3 is 5.32 Å². The number of Topliss-reactive ketones (excluding diaryl/α,β-unsaturated/α-hetero) is 2. The minimum absolute atomic E-state index is 0.221. The van der Waals surface area contributed by atoms with Crippen LogP contribution in [0.2, 0.25) is 0 Å². The number of nitrogens with zero attached hydrogens (tertiary/aromatic N) is 1. The number of carbonyl (C=O) groups excluding carboxylic acids is 4. The van der Waals surface area contributed by atoms with Crippen LogP contribution in [0.5, 0.6) is 0 Å². The maximum Gasteiger partial charge on any atom is 0.304 e. The van der Waals surface area contributed by atoms with Crippen LogP contribution in [0, 0.1) is 0 Å². The molecular weight excluding hydrogens is 388 g/mol. The predicted octanol–water partition coefficient (Wildman–Crippen LogP) is 2.45. The zero-order valence-electron chi connectivity index (χ0n) is 12.6. The van der Waals surface area contributed by atoms with Crippen LogP contribution in [0.1, 0.15) is 10.4 Å². The van der Waals surface area contributed by atoms with Crippen LogP contribution in [0.25, 0.3) is 0 Å². The summed E-state index contributed by atoms with van der Waals surface area (Å²) in [5.41, 5.74) is 0.380. The van der Waals surface area contributed by atoms with Gasteiger partial charge in [0.05, 0.1) is 11.4 Å². The quantitative estimate of drug-likeness (QED) is 0.480. The number of ketones is 2. The maximum atomic E-state index is 12.8. The van der Waals surface area contributed by atoms with E-state index >= 15 is 0 Å². The molecule has 25 heavy (non-hydrogen) atoms. The van der Waals surface area contributed by atoms with Crippen molar-refractivity contribution in [3.05, 3.63) is 69.8 Å². The van der Waals surface area contributed by atoms with Gasteiger partial charge in [-0.15, -0.1) is 0 Å². The summed E-state index contributed by atoms with van der Waals surface area (Å²) in [5.74, 6) is -3.19. The fourth-order valence-electron chi connectivity index (χ4n) is 2.89. The molecule has 2 aliphatic rings. The van der Waals surface area contributed by atoms with Crippen molar-refractivity contribution in [2.45, 2.75) is 0 Å². The highest BCUT2D eigenvalue weighted by Gasteiger charge is 2.48. The largest absolute Gasteiger partial charge is 0.319 e. The number of para-hydroxylation sites is 2. The highest BCUT2D eigenvalue weighted by atomic mass is 79.9. The summed E-state index contributed by atoms with van der Waals surface area (Å²) in [4.78, 5) is 51.1. The topological polar surface area (TPSA) is 83.6 Å². The lowest BCUT2D eigenvalue weighted by molar-refractivity contribution is -0.132. The van der Waals surface area contributed by atoms with E-state index in [9.17, 15) is 19.2 Å². The van der Waals surface area contributed by atoms with Gasteiger partial charge >= 0.3 is 5.91 Å². The summed E-state index contributed by atoms with van der Waals surface area (Å²) in [7, 11) is 0. The van der Waals surface area contributed by atoms with Gasteiger partial charge in [0.25, 0.3) is 11.7 Å². The summed E-state index contributed by atoms with van der Waals surface area (Å²) in [6.45, 7) is 0. The van der Waals surface area contributed by atoms with E-state index in [1.807, 2.05) is 0 Å². The van der Waals surface area contributed by atoms with Gasteiger partial charge in [-0.2, -0.15) is 0 Å². The van der Waals surface area contributed by atoms with Gasteiger partial charge in [0.1, 0.15) is 11.3 Å². The number of hydrogen-bond acceptors (Lipinski definition) is 4. The molecule has 2 aromatic rings. The summed E-state index contributed by atoms with van der Waals surface area (Å²) >= 11 is 3.27. The Bertz CT molecular complexity index is 1010. The lowest BCUT2D eigenvalue weighted by atomic mass is 9.99. The first-order valence-electron chi connectivity index (χ1n) is 7.33. The number of nitrogens with one attached hydrogen (secondary N) is 1. The van der Waals surface area contributed by atoms with Crippen LogP contribution >= 0.6 is 15.9 Å². The molecular formula is C18H9BrN2O4. The molecule has 2 amide bonds. The molecule has 0 aliphatic carbocycles. The molecule has 0 radical (unpaired) electrons. The predicted molar refractivity (Wildman–Crippen MR) is 93.1 cm³/mol. The molecule has 0 unspecified atom stereocenters. The average Bonchev–Trinajstić information content (AvgIpc) is 2.88. The van der Waals surface area contributed by atoms with Crippen LogP contribution in [0.15, 0.2) is 64.3 Å². The number of halogens is 1. The van der Waals surface area contributed by atoms with E-state index in [4.69, 9.17) is 0 Å². The van der Waals surface area contributed by atoms with Crippen molar-refractivity contribution in [1.82, 2.24) is 0 Å². The van der Waals surface area contributed by atoms with E-state index in [1.165, 1.54) is 12.1 Å². The molecule has 0 aromatic heterocycles. The molecule has 122 valence electrons. The third-order valence-electron chi connectivity index (χ3n) is 4.03. The second kappa shape index (κ2) is 5.49.